The number of amides is 2. The van der Waals surface area contributed by atoms with Gasteiger partial charge in [0, 0.05) is 12.1 Å². The number of nitro groups is 1. The van der Waals surface area contributed by atoms with Crippen LogP contribution in [0.25, 0.3) is 0 Å². The number of non-ortho nitro benzene ring substituents is 1. The van der Waals surface area contributed by atoms with Gasteiger partial charge in [-0.25, -0.2) is 0 Å². The molecule has 0 aromatic heterocycles. The minimum Gasteiger partial charge on any atom is -0.495 e. The molecule has 3 aromatic rings. The van der Waals surface area contributed by atoms with Gasteiger partial charge in [-0.1, -0.05) is 30.3 Å². The maximum absolute atomic E-state index is 12.6. The number of rotatable bonds is 8. The molecule has 0 spiro atoms. The second kappa shape index (κ2) is 10.4. The van der Waals surface area contributed by atoms with Gasteiger partial charge in [0.25, 0.3) is 17.5 Å². The molecule has 3 rings (SSSR count). The lowest BCUT2D eigenvalue weighted by Crippen LogP contribution is -2.44. The molecule has 0 bridgehead atoms. The van der Waals surface area contributed by atoms with Crippen molar-refractivity contribution >= 4 is 23.2 Å². The van der Waals surface area contributed by atoms with E-state index < -0.39 is 16.7 Å². The maximum Gasteiger partial charge on any atom is 0.273 e. The summed E-state index contributed by atoms with van der Waals surface area (Å²) in [5.74, 6) is -0.213. The molecule has 3 N–H and O–H groups in total. The van der Waals surface area contributed by atoms with Crippen LogP contribution in [0.5, 0.6) is 17.2 Å². The first-order valence-electron chi connectivity index (χ1n) is 9.45. The van der Waals surface area contributed by atoms with Crippen molar-refractivity contribution in [3.63, 3.8) is 0 Å². The highest BCUT2D eigenvalue weighted by atomic mass is 16.6. The Morgan fingerprint density at radius 3 is 2.38 bits per heavy atom. The van der Waals surface area contributed by atoms with E-state index >= 15 is 0 Å². The van der Waals surface area contributed by atoms with E-state index in [1.807, 2.05) is 0 Å². The molecular weight excluding hydrogens is 416 g/mol. The van der Waals surface area contributed by atoms with Gasteiger partial charge < -0.3 is 14.8 Å². The summed E-state index contributed by atoms with van der Waals surface area (Å²) >= 11 is 0. The van der Waals surface area contributed by atoms with Crippen LogP contribution in [0.1, 0.15) is 10.4 Å². The summed E-state index contributed by atoms with van der Waals surface area (Å²) in [5, 5.41) is 14.0. The minimum atomic E-state index is -0.773. The first kappa shape index (κ1) is 22.1. The molecule has 0 radical (unpaired) electrons. The Morgan fingerprint density at radius 1 is 0.938 bits per heavy atom. The topological polar surface area (TPSA) is 132 Å². The van der Waals surface area contributed by atoms with Crippen molar-refractivity contribution in [3.8, 4) is 17.2 Å². The lowest BCUT2D eigenvalue weighted by molar-refractivity contribution is -0.384. The standard InChI is InChI=1S/C22H20N4O6/c1-31-20-10-6-5-9-18(20)23-14-21(27)24-25-22(28)17-13-15(26(29)30)11-12-19(17)32-16-7-3-2-4-8-16/h2-13,23H,14H2,1H3,(H,24,27)(H,25,28). The van der Waals surface area contributed by atoms with Crippen LogP contribution in [-0.4, -0.2) is 30.4 Å². The van der Waals surface area contributed by atoms with Crippen molar-refractivity contribution in [2.75, 3.05) is 19.0 Å². The molecule has 32 heavy (non-hydrogen) atoms. The number of methoxy groups -OCH3 is 1. The summed E-state index contributed by atoms with van der Waals surface area (Å²) < 4.78 is 10.9. The second-order valence-corrected chi connectivity index (χ2v) is 6.41. The summed E-state index contributed by atoms with van der Waals surface area (Å²) in [5.41, 5.74) is 4.71. The number of para-hydroxylation sites is 3. The van der Waals surface area contributed by atoms with Gasteiger partial charge in [-0.05, 0) is 30.3 Å². The van der Waals surface area contributed by atoms with Crippen LogP contribution in [0.4, 0.5) is 11.4 Å². The number of carbonyl (C=O) groups excluding carboxylic acids is 2. The zero-order valence-corrected chi connectivity index (χ0v) is 17.0. The average molecular weight is 436 g/mol. The molecule has 0 saturated heterocycles. The Bertz CT molecular complexity index is 1120. The molecule has 0 aliphatic rings. The van der Waals surface area contributed by atoms with E-state index in [-0.39, 0.29) is 23.5 Å². The zero-order chi connectivity index (χ0) is 22.9. The fourth-order valence-corrected chi connectivity index (χ4v) is 2.72. The minimum absolute atomic E-state index is 0.0979. The van der Waals surface area contributed by atoms with Gasteiger partial charge >= 0.3 is 0 Å². The molecular formula is C22H20N4O6. The summed E-state index contributed by atoms with van der Waals surface area (Å²) in [7, 11) is 1.51. The predicted octanol–water partition coefficient (Wildman–Crippen LogP) is 3.27. The van der Waals surface area contributed by atoms with Gasteiger partial charge in [-0.2, -0.15) is 0 Å². The number of nitrogens with zero attached hydrogens (tertiary/aromatic N) is 1. The number of ether oxygens (including phenoxy) is 2. The molecule has 0 atom stereocenters. The van der Waals surface area contributed by atoms with Crippen LogP contribution in [-0.2, 0) is 4.79 Å². The Balaban J connectivity index is 1.67. The second-order valence-electron chi connectivity index (χ2n) is 6.41. The Labute approximate surface area is 183 Å². The highest BCUT2D eigenvalue weighted by molar-refractivity contribution is 5.98. The Kier molecular flexibility index (Phi) is 7.20. The van der Waals surface area contributed by atoms with Crippen molar-refractivity contribution in [2.45, 2.75) is 0 Å². The van der Waals surface area contributed by atoms with Crippen LogP contribution in [0, 0.1) is 10.1 Å². The molecule has 0 heterocycles. The average Bonchev–Trinajstić information content (AvgIpc) is 2.82. The summed E-state index contributed by atoms with van der Waals surface area (Å²) in [6.45, 7) is -0.150. The number of hydrazine groups is 1. The number of nitro benzene ring substituents is 1. The van der Waals surface area contributed by atoms with Gasteiger partial charge in [0.2, 0.25) is 0 Å². The van der Waals surface area contributed by atoms with Gasteiger partial charge in [0.05, 0.1) is 29.8 Å². The third kappa shape index (κ3) is 5.72. The molecule has 2 amide bonds. The molecule has 10 heteroatoms. The van der Waals surface area contributed by atoms with Gasteiger partial charge in [-0.15, -0.1) is 0 Å². The van der Waals surface area contributed by atoms with E-state index in [1.54, 1.807) is 54.6 Å². The van der Waals surface area contributed by atoms with E-state index in [2.05, 4.69) is 16.2 Å². The van der Waals surface area contributed by atoms with Crippen LogP contribution in [0.3, 0.4) is 0 Å². The fourth-order valence-electron chi connectivity index (χ4n) is 2.72. The zero-order valence-electron chi connectivity index (χ0n) is 17.0. The third-order valence-electron chi connectivity index (χ3n) is 4.25. The van der Waals surface area contributed by atoms with Crippen molar-refractivity contribution in [3.05, 3.63) is 88.5 Å². The van der Waals surface area contributed by atoms with Gasteiger partial charge in [-0.3, -0.25) is 30.6 Å². The molecule has 10 nitrogen and oxygen atoms in total. The summed E-state index contributed by atoms with van der Waals surface area (Å²) in [4.78, 5) is 35.3. The third-order valence-corrected chi connectivity index (χ3v) is 4.25. The largest absolute Gasteiger partial charge is 0.495 e. The van der Waals surface area contributed by atoms with E-state index in [0.717, 1.165) is 6.07 Å². The number of benzene rings is 3. The molecule has 0 aliphatic carbocycles. The molecule has 0 unspecified atom stereocenters. The van der Waals surface area contributed by atoms with Crippen molar-refractivity contribution in [1.29, 1.82) is 0 Å². The quantitative estimate of drug-likeness (QED) is 0.365. The summed E-state index contributed by atoms with van der Waals surface area (Å²) in [6.07, 6.45) is 0. The highest BCUT2D eigenvalue weighted by Crippen LogP contribution is 2.28. The first-order chi connectivity index (χ1) is 15.5. The van der Waals surface area contributed by atoms with Gasteiger partial charge in [0.15, 0.2) is 0 Å². The number of carbonyl (C=O) groups is 2. The molecule has 3 aromatic carbocycles. The molecule has 0 fully saturated rings. The first-order valence-corrected chi connectivity index (χ1v) is 9.45. The lowest BCUT2D eigenvalue weighted by Gasteiger charge is -2.13. The normalized spacial score (nSPS) is 10.0. The fraction of sp³-hybridized carbons (Fsp3) is 0.0909. The van der Waals surface area contributed by atoms with Gasteiger partial charge in [0.1, 0.15) is 17.2 Å². The maximum atomic E-state index is 12.6. The smallest absolute Gasteiger partial charge is 0.273 e. The monoisotopic (exact) mass is 436 g/mol. The number of nitrogens with one attached hydrogen (secondary N) is 3. The SMILES string of the molecule is COc1ccccc1NCC(=O)NNC(=O)c1cc([N+](=O)[O-])ccc1Oc1ccccc1. The van der Waals surface area contributed by atoms with E-state index in [1.165, 1.54) is 19.2 Å². The van der Waals surface area contributed by atoms with E-state index in [9.17, 15) is 19.7 Å². The van der Waals surface area contributed by atoms with Crippen molar-refractivity contribution < 1.29 is 24.0 Å². The van der Waals surface area contributed by atoms with Crippen LogP contribution in [0.2, 0.25) is 0 Å². The number of anilines is 1. The Morgan fingerprint density at radius 2 is 1.66 bits per heavy atom. The Hall–Kier alpha value is -4.60. The molecule has 164 valence electrons. The highest BCUT2D eigenvalue weighted by Gasteiger charge is 2.19. The number of hydrogen-bond acceptors (Lipinski definition) is 7. The van der Waals surface area contributed by atoms with E-state index in [4.69, 9.17) is 9.47 Å². The van der Waals surface area contributed by atoms with E-state index in [0.29, 0.717) is 17.2 Å². The number of hydrogen-bond donors (Lipinski definition) is 3. The predicted molar refractivity (Wildman–Crippen MR) is 117 cm³/mol. The van der Waals surface area contributed by atoms with Crippen molar-refractivity contribution in [2.24, 2.45) is 0 Å². The molecule has 0 aliphatic heterocycles. The molecule has 0 saturated carbocycles. The van der Waals surface area contributed by atoms with Crippen molar-refractivity contribution in [1.82, 2.24) is 10.9 Å². The van der Waals surface area contributed by atoms with Crippen LogP contribution < -0.4 is 25.6 Å². The van der Waals surface area contributed by atoms with Crippen LogP contribution >= 0.6 is 0 Å². The summed E-state index contributed by atoms with van der Waals surface area (Å²) in [6, 6.07) is 19.3. The van der Waals surface area contributed by atoms with Crippen LogP contribution in [0.15, 0.2) is 72.8 Å². The lowest BCUT2D eigenvalue weighted by atomic mass is 10.1.